The molecular formula is C15H22BrFO. The minimum Gasteiger partial charge on any atom is -0.388 e. The Morgan fingerprint density at radius 3 is 2.56 bits per heavy atom. The van der Waals surface area contributed by atoms with Crippen molar-refractivity contribution in [3.8, 4) is 0 Å². The summed E-state index contributed by atoms with van der Waals surface area (Å²) in [4.78, 5) is 0. The second-order valence-corrected chi connectivity index (χ2v) is 5.79. The molecule has 0 aliphatic carbocycles. The predicted octanol–water partition coefficient (Wildman–Crippen LogP) is 5.23. The van der Waals surface area contributed by atoms with Crippen molar-refractivity contribution in [3.63, 3.8) is 0 Å². The highest BCUT2D eigenvalue weighted by molar-refractivity contribution is 9.10. The van der Waals surface area contributed by atoms with Crippen LogP contribution in [-0.2, 0) is 0 Å². The van der Waals surface area contributed by atoms with E-state index in [0.29, 0.717) is 22.4 Å². The molecule has 0 aliphatic heterocycles. The molecule has 0 spiro atoms. The lowest BCUT2D eigenvalue weighted by Gasteiger charge is -2.19. The third kappa shape index (κ3) is 5.07. The Morgan fingerprint density at radius 1 is 1.28 bits per heavy atom. The van der Waals surface area contributed by atoms with Crippen molar-refractivity contribution in [2.24, 2.45) is 5.92 Å². The van der Waals surface area contributed by atoms with Crippen molar-refractivity contribution in [3.05, 3.63) is 34.1 Å². The van der Waals surface area contributed by atoms with Gasteiger partial charge in [-0.25, -0.2) is 4.39 Å². The maximum atomic E-state index is 13.3. The fourth-order valence-electron chi connectivity index (χ4n) is 2.20. The van der Waals surface area contributed by atoms with Crippen LogP contribution in [0.25, 0.3) is 0 Å². The van der Waals surface area contributed by atoms with Crippen molar-refractivity contribution in [2.75, 3.05) is 0 Å². The molecule has 2 atom stereocenters. The highest BCUT2D eigenvalue weighted by atomic mass is 79.9. The van der Waals surface area contributed by atoms with Crippen LogP contribution < -0.4 is 0 Å². The quantitative estimate of drug-likeness (QED) is 0.730. The Bertz CT molecular complexity index is 347. The molecule has 18 heavy (non-hydrogen) atoms. The van der Waals surface area contributed by atoms with E-state index in [1.807, 2.05) is 0 Å². The summed E-state index contributed by atoms with van der Waals surface area (Å²) in [5, 5.41) is 10.2. The molecule has 1 nitrogen and oxygen atoms in total. The second-order valence-electron chi connectivity index (χ2n) is 4.87. The van der Waals surface area contributed by atoms with Gasteiger partial charge < -0.3 is 5.11 Å². The molecule has 0 saturated carbocycles. The van der Waals surface area contributed by atoms with Gasteiger partial charge in [-0.1, -0.05) is 55.5 Å². The van der Waals surface area contributed by atoms with Crippen molar-refractivity contribution in [1.29, 1.82) is 0 Å². The summed E-state index contributed by atoms with van der Waals surface area (Å²) in [5.41, 5.74) is 0.664. The van der Waals surface area contributed by atoms with Crippen molar-refractivity contribution >= 4 is 15.9 Å². The van der Waals surface area contributed by atoms with E-state index in [1.54, 1.807) is 6.07 Å². The maximum Gasteiger partial charge on any atom is 0.124 e. The van der Waals surface area contributed by atoms with E-state index in [9.17, 15) is 9.50 Å². The first kappa shape index (κ1) is 15.6. The minimum atomic E-state index is -0.571. The summed E-state index contributed by atoms with van der Waals surface area (Å²) >= 11 is 3.26. The maximum absolute atomic E-state index is 13.3. The van der Waals surface area contributed by atoms with Crippen molar-refractivity contribution in [1.82, 2.24) is 0 Å². The van der Waals surface area contributed by atoms with Gasteiger partial charge in [0.15, 0.2) is 0 Å². The molecule has 3 heteroatoms. The van der Waals surface area contributed by atoms with E-state index < -0.39 is 6.10 Å². The van der Waals surface area contributed by atoms with Gasteiger partial charge in [0.1, 0.15) is 5.82 Å². The van der Waals surface area contributed by atoms with Crippen LogP contribution in [0.1, 0.15) is 57.6 Å². The van der Waals surface area contributed by atoms with Gasteiger partial charge >= 0.3 is 0 Å². The van der Waals surface area contributed by atoms with Gasteiger partial charge in [-0.3, -0.25) is 0 Å². The van der Waals surface area contributed by atoms with Crippen LogP contribution in [0.3, 0.4) is 0 Å². The monoisotopic (exact) mass is 316 g/mol. The molecule has 0 radical (unpaired) electrons. The molecule has 0 heterocycles. The first-order valence-electron chi connectivity index (χ1n) is 6.70. The fourth-order valence-corrected chi connectivity index (χ4v) is 2.68. The number of hydrogen-bond donors (Lipinski definition) is 1. The van der Waals surface area contributed by atoms with Gasteiger partial charge in [-0.05, 0) is 36.1 Å². The number of hydrogen-bond acceptors (Lipinski definition) is 1. The molecule has 1 N–H and O–H groups in total. The SMILES string of the molecule is CCCCC(CC)CC(O)c1cc(F)cc(Br)c1. The molecular weight excluding hydrogens is 295 g/mol. The van der Waals surface area contributed by atoms with Gasteiger partial charge in [0, 0.05) is 4.47 Å². The van der Waals surface area contributed by atoms with Crippen molar-refractivity contribution < 1.29 is 9.50 Å². The van der Waals surface area contributed by atoms with Crippen LogP contribution in [0.15, 0.2) is 22.7 Å². The molecule has 0 aliphatic rings. The fraction of sp³-hybridized carbons (Fsp3) is 0.600. The number of benzene rings is 1. The zero-order valence-electron chi connectivity index (χ0n) is 11.1. The lowest BCUT2D eigenvalue weighted by atomic mass is 9.91. The second kappa shape index (κ2) is 7.90. The van der Waals surface area contributed by atoms with Gasteiger partial charge in [0.05, 0.1) is 6.10 Å². The number of rotatable bonds is 7. The average Bonchev–Trinajstić information content (AvgIpc) is 2.32. The Balaban J connectivity index is 2.65. The van der Waals surface area contributed by atoms with Crippen LogP contribution in [0.2, 0.25) is 0 Å². The largest absolute Gasteiger partial charge is 0.388 e. The first-order valence-corrected chi connectivity index (χ1v) is 7.50. The van der Waals surface area contributed by atoms with E-state index in [4.69, 9.17) is 0 Å². The molecule has 0 aromatic heterocycles. The topological polar surface area (TPSA) is 20.2 Å². The van der Waals surface area contributed by atoms with Crippen LogP contribution in [0, 0.1) is 11.7 Å². The van der Waals surface area contributed by atoms with Gasteiger partial charge in [0.25, 0.3) is 0 Å². The number of aliphatic hydroxyl groups excluding tert-OH is 1. The summed E-state index contributed by atoms with van der Waals surface area (Å²) in [6, 6.07) is 4.62. The van der Waals surface area contributed by atoms with Gasteiger partial charge in [-0.2, -0.15) is 0 Å². The molecule has 1 aromatic carbocycles. The Labute approximate surface area is 118 Å². The number of unbranched alkanes of at least 4 members (excludes halogenated alkanes) is 1. The predicted molar refractivity (Wildman–Crippen MR) is 77.0 cm³/mol. The highest BCUT2D eigenvalue weighted by Crippen LogP contribution is 2.28. The lowest BCUT2D eigenvalue weighted by molar-refractivity contribution is 0.138. The molecule has 0 bridgehead atoms. The standard InChI is InChI=1S/C15H22BrFO/c1-3-5-6-11(4-2)7-15(18)12-8-13(16)10-14(17)9-12/h8-11,15,18H,3-7H2,1-2H3. The molecule has 102 valence electrons. The Morgan fingerprint density at radius 2 is 2.00 bits per heavy atom. The van der Waals surface area contributed by atoms with Gasteiger partial charge in [-0.15, -0.1) is 0 Å². The van der Waals surface area contributed by atoms with E-state index in [-0.39, 0.29) is 5.82 Å². The minimum absolute atomic E-state index is 0.306. The summed E-state index contributed by atoms with van der Waals surface area (Å²) in [5.74, 6) is 0.210. The molecule has 0 amide bonds. The molecule has 2 unspecified atom stereocenters. The summed E-state index contributed by atoms with van der Waals surface area (Å²) in [6.07, 6.45) is 4.72. The lowest BCUT2D eigenvalue weighted by Crippen LogP contribution is -2.07. The molecule has 1 aromatic rings. The first-order chi connectivity index (χ1) is 8.56. The summed E-state index contributed by atoms with van der Waals surface area (Å²) in [6.45, 7) is 4.32. The molecule has 1 rings (SSSR count). The molecule has 0 saturated heterocycles. The Hall–Kier alpha value is -0.410. The molecule has 0 fully saturated rings. The van der Waals surface area contributed by atoms with Crippen LogP contribution in [-0.4, -0.2) is 5.11 Å². The zero-order chi connectivity index (χ0) is 13.5. The van der Waals surface area contributed by atoms with Crippen LogP contribution >= 0.6 is 15.9 Å². The summed E-state index contributed by atoms with van der Waals surface area (Å²) in [7, 11) is 0. The van der Waals surface area contributed by atoms with Crippen molar-refractivity contribution in [2.45, 2.75) is 52.1 Å². The smallest absolute Gasteiger partial charge is 0.124 e. The number of halogens is 2. The normalized spacial score (nSPS) is 14.5. The summed E-state index contributed by atoms with van der Waals surface area (Å²) < 4.78 is 13.9. The van der Waals surface area contributed by atoms with E-state index in [2.05, 4.69) is 29.8 Å². The highest BCUT2D eigenvalue weighted by Gasteiger charge is 2.15. The number of aliphatic hydroxyl groups is 1. The average molecular weight is 317 g/mol. The Kier molecular flexibility index (Phi) is 6.87. The van der Waals surface area contributed by atoms with E-state index >= 15 is 0 Å². The zero-order valence-corrected chi connectivity index (χ0v) is 12.7. The van der Waals surface area contributed by atoms with Crippen LogP contribution in [0.4, 0.5) is 4.39 Å². The third-order valence-electron chi connectivity index (χ3n) is 3.37. The van der Waals surface area contributed by atoms with E-state index in [1.165, 1.54) is 25.0 Å². The van der Waals surface area contributed by atoms with E-state index in [0.717, 1.165) is 12.8 Å². The third-order valence-corrected chi connectivity index (χ3v) is 3.83. The van der Waals surface area contributed by atoms with Crippen LogP contribution in [0.5, 0.6) is 0 Å². The van der Waals surface area contributed by atoms with Gasteiger partial charge in [0.2, 0.25) is 0 Å².